The molecule has 0 saturated carbocycles. The van der Waals surface area contributed by atoms with Gasteiger partial charge in [0.15, 0.2) is 0 Å². The van der Waals surface area contributed by atoms with E-state index >= 15 is 0 Å². The molecule has 2 aromatic rings. The molecule has 0 aliphatic carbocycles. The molecule has 338 valence electrons. The second kappa shape index (κ2) is 38.9. The van der Waals surface area contributed by atoms with Crippen molar-refractivity contribution < 1.29 is 21.2 Å². The second-order valence-electron chi connectivity index (χ2n) is 17.6. The van der Waals surface area contributed by atoms with Crippen molar-refractivity contribution in [2.45, 2.75) is 245 Å². The van der Waals surface area contributed by atoms with Gasteiger partial charge in [-0.25, -0.2) is 4.70 Å². The molecule has 0 amide bonds. The van der Waals surface area contributed by atoms with E-state index in [1.807, 2.05) is 0 Å². The van der Waals surface area contributed by atoms with E-state index in [4.69, 9.17) is 0 Å². The number of allylic oxidation sites excluding steroid dienone is 2. The van der Waals surface area contributed by atoms with Crippen LogP contribution in [0, 0.1) is 14.9 Å². The molecule has 0 unspecified atom stereocenters. The van der Waals surface area contributed by atoms with Crippen molar-refractivity contribution in [1.82, 2.24) is 0 Å². The maximum absolute atomic E-state index is 11.7. The molecule has 2 aromatic carbocycles. The molecule has 0 bridgehead atoms. The summed E-state index contributed by atoms with van der Waals surface area (Å²) in [5, 5.41) is 0. The predicted octanol–water partition coefficient (Wildman–Crippen LogP) is 19.4. The molecular formula is C56H94N2Ni. The molecule has 0 radical (unpaired) electrons. The third-order valence-corrected chi connectivity index (χ3v) is 12.4. The van der Waals surface area contributed by atoms with Gasteiger partial charge in [0.2, 0.25) is 11.4 Å². The average molecular weight is 854 g/mol. The standard InChI is InChI=1S/C54H88N2.2CH3.Ni/c1-4-7-10-12-14-16-18-20-22-24-26-28-30-32-34-38-48-40-36-43-50(45-48)53-47-52(42-9-6-3)54(56(53)55)51-44-37-41-49(46-51)39-35-33-31-29-27-25-23-21-19-17-15-13-11-8-5-2;;;/h36-37,40-41,43-47H,4-35,38-39,42H2,1-3H3;2*1H3;/q;2*-1;+2. The smallest absolute Gasteiger partial charge is 0.493 e. The van der Waals surface area contributed by atoms with Gasteiger partial charge in [0.05, 0.1) is 0 Å². The first-order chi connectivity index (χ1) is 27.7. The predicted molar refractivity (Wildman–Crippen MR) is 261 cm³/mol. The maximum atomic E-state index is 11.7. The zero-order chi connectivity index (χ0) is 39.7. The van der Waals surface area contributed by atoms with Crippen molar-refractivity contribution in [3.63, 3.8) is 0 Å². The van der Waals surface area contributed by atoms with Gasteiger partial charge in [0.1, 0.15) is 0 Å². The first-order valence-electron chi connectivity index (χ1n) is 24.8. The minimum atomic E-state index is 0. The minimum Gasteiger partial charge on any atom is -0.493 e. The molecule has 3 rings (SSSR count). The van der Waals surface area contributed by atoms with Crippen LogP contribution in [0.1, 0.15) is 255 Å². The van der Waals surface area contributed by atoms with Crippen LogP contribution in [0.5, 0.6) is 0 Å². The summed E-state index contributed by atoms with van der Waals surface area (Å²) in [4.78, 5) is 0. The van der Waals surface area contributed by atoms with Crippen LogP contribution in [0.25, 0.3) is 16.9 Å². The Hall–Kier alpha value is -1.99. The van der Waals surface area contributed by atoms with Crippen LogP contribution in [0.15, 0.2) is 60.2 Å². The van der Waals surface area contributed by atoms with Crippen molar-refractivity contribution in [3.8, 4) is 0 Å². The molecule has 0 fully saturated rings. The monoisotopic (exact) mass is 853 g/mol. The van der Waals surface area contributed by atoms with E-state index in [2.05, 4.69) is 75.4 Å². The zero-order valence-electron chi connectivity index (χ0n) is 39.7. The van der Waals surface area contributed by atoms with E-state index in [0.29, 0.717) is 0 Å². The van der Waals surface area contributed by atoms with Crippen LogP contribution in [0.3, 0.4) is 0 Å². The number of rotatable bonds is 37. The second-order valence-corrected chi connectivity index (χ2v) is 17.6. The number of benzene rings is 2. The summed E-state index contributed by atoms with van der Waals surface area (Å²) in [6.07, 6.45) is 49.8. The first kappa shape index (κ1) is 57.0. The SMILES string of the molecule is CCCCCCCCCCCCCCCCCc1cccc(C2=CC(CCCC)=C(c3cccc(CCCCCCCCCCCCCCCCC)c3)[N+]2=[N-])c1.[CH3-].[CH3-].[Ni+2]. The van der Waals surface area contributed by atoms with Gasteiger partial charge in [-0.1, -0.05) is 231 Å². The fraction of sp³-hybridized carbons (Fsp3) is 0.679. The molecule has 0 saturated heterocycles. The summed E-state index contributed by atoms with van der Waals surface area (Å²) in [6, 6.07) is 18.0. The van der Waals surface area contributed by atoms with Gasteiger partial charge in [0.25, 0.3) is 0 Å². The quantitative estimate of drug-likeness (QED) is 0.0280. The molecule has 2 nitrogen and oxygen atoms in total. The third-order valence-electron chi connectivity index (χ3n) is 12.4. The Morgan fingerprint density at radius 3 is 1.08 bits per heavy atom. The van der Waals surface area contributed by atoms with Gasteiger partial charge < -0.3 is 20.4 Å². The van der Waals surface area contributed by atoms with Crippen LogP contribution >= 0.6 is 0 Å². The van der Waals surface area contributed by atoms with Crippen LogP contribution in [0.2, 0.25) is 0 Å². The van der Waals surface area contributed by atoms with Gasteiger partial charge in [-0.2, -0.15) is 0 Å². The Kier molecular flexibility index (Phi) is 37.6. The summed E-state index contributed by atoms with van der Waals surface area (Å²) in [5.41, 5.74) is 20.0. The summed E-state index contributed by atoms with van der Waals surface area (Å²) in [5.74, 6) is 0. The van der Waals surface area contributed by atoms with Gasteiger partial charge >= 0.3 is 16.5 Å². The fourth-order valence-corrected chi connectivity index (χ4v) is 8.78. The van der Waals surface area contributed by atoms with Crippen LogP contribution in [-0.4, -0.2) is 4.70 Å². The molecule has 0 atom stereocenters. The van der Waals surface area contributed by atoms with Gasteiger partial charge in [-0.05, 0) is 73.9 Å². The average Bonchev–Trinajstić information content (AvgIpc) is 3.55. The van der Waals surface area contributed by atoms with Crippen molar-refractivity contribution in [3.05, 3.63) is 103 Å². The number of hydrogen-bond donors (Lipinski definition) is 0. The molecule has 1 heterocycles. The van der Waals surface area contributed by atoms with Crippen LogP contribution in [0.4, 0.5) is 0 Å². The summed E-state index contributed by atoms with van der Waals surface area (Å²) in [6.45, 7) is 6.86. The van der Waals surface area contributed by atoms with E-state index in [0.717, 1.165) is 54.6 Å². The molecule has 0 aromatic heterocycles. The molecule has 59 heavy (non-hydrogen) atoms. The summed E-state index contributed by atoms with van der Waals surface area (Å²) >= 11 is 0. The van der Waals surface area contributed by atoms with Crippen molar-refractivity contribution in [1.29, 1.82) is 0 Å². The normalized spacial score (nSPS) is 12.3. The maximum Gasteiger partial charge on any atom is 2.00 e. The fourth-order valence-electron chi connectivity index (χ4n) is 8.78. The van der Waals surface area contributed by atoms with Gasteiger partial charge in [0, 0.05) is 22.8 Å². The van der Waals surface area contributed by atoms with Crippen molar-refractivity contribution >= 4 is 11.4 Å². The molecular weight excluding hydrogens is 759 g/mol. The van der Waals surface area contributed by atoms with Crippen molar-refractivity contribution in [2.24, 2.45) is 0 Å². The van der Waals surface area contributed by atoms with Crippen LogP contribution < -0.4 is 0 Å². The van der Waals surface area contributed by atoms with E-state index in [9.17, 15) is 5.53 Å². The Balaban J connectivity index is 0.0000112. The Morgan fingerprint density at radius 2 is 0.712 bits per heavy atom. The largest absolute Gasteiger partial charge is 2.00 e. The zero-order valence-corrected chi connectivity index (χ0v) is 40.6. The number of hydrogen-bond acceptors (Lipinski definition) is 0. The molecule has 0 spiro atoms. The van der Waals surface area contributed by atoms with E-state index in [1.54, 1.807) is 0 Å². The molecule has 1 aliphatic heterocycles. The minimum absolute atomic E-state index is 0. The van der Waals surface area contributed by atoms with E-state index < -0.39 is 0 Å². The first-order valence-corrected chi connectivity index (χ1v) is 24.8. The number of nitrogens with zero attached hydrogens (tertiary/aromatic N) is 2. The summed E-state index contributed by atoms with van der Waals surface area (Å²) < 4.78 is 1.50. The van der Waals surface area contributed by atoms with E-state index in [1.165, 1.54) is 214 Å². The molecule has 1 aliphatic rings. The third kappa shape index (κ3) is 25.5. The molecule has 3 heteroatoms. The molecule has 0 N–H and O–H groups in total. The summed E-state index contributed by atoms with van der Waals surface area (Å²) in [7, 11) is 0. The number of unbranched alkanes of at least 4 members (excludes halogenated alkanes) is 29. The van der Waals surface area contributed by atoms with Gasteiger partial charge in [-0.15, -0.1) is 0 Å². The topological polar surface area (TPSA) is 25.3 Å². The number of aryl methyl sites for hydroxylation is 2. The van der Waals surface area contributed by atoms with E-state index in [-0.39, 0.29) is 31.3 Å². The Morgan fingerprint density at radius 1 is 0.390 bits per heavy atom. The Labute approximate surface area is 379 Å². The van der Waals surface area contributed by atoms with Crippen molar-refractivity contribution in [2.75, 3.05) is 0 Å². The van der Waals surface area contributed by atoms with Gasteiger partial charge in [-0.3, -0.25) is 0 Å². The van der Waals surface area contributed by atoms with Crippen LogP contribution in [-0.2, 0) is 29.3 Å². The Bertz CT molecular complexity index is 1360.